The Morgan fingerprint density at radius 2 is 1.95 bits per heavy atom. The molecule has 0 heterocycles. The number of ether oxygens (including phenoxy) is 3. The van der Waals surface area contributed by atoms with Gasteiger partial charge in [-0.25, -0.2) is 4.79 Å². The second-order valence-corrected chi connectivity index (χ2v) is 5.73. The summed E-state index contributed by atoms with van der Waals surface area (Å²) in [6.07, 6.45) is 4.23. The van der Waals surface area contributed by atoms with Gasteiger partial charge in [-0.15, -0.1) is 0 Å². The van der Waals surface area contributed by atoms with Gasteiger partial charge in [-0.05, 0) is 39.3 Å². The summed E-state index contributed by atoms with van der Waals surface area (Å²) in [5.74, 6) is 1.50. The zero-order chi connectivity index (χ0) is 16.6. The average Bonchev–Trinajstić information content (AvgIpc) is 2.45. The molecule has 1 aromatic carbocycles. The normalized spacial score (nSPS) is 11.3. The van der Waals surface area contributed by atoms with Crippen molar-refractivity contribution in [2.24, 2.45) is 0 Å². The van der Waals surface area contributed by atoms with Gasteiger partial charge in [0.05, 0.1) is 14.2 Å². The molecule has 0 bridgehead atoms. The first-order valence-electron chi connectivity index (χ1n) is 7.21. The van der Waals surface area contributed by atoms with Crippen LogP contribution in [-0.2, 0) is 4.74 Å². The maximum absolute atomic E-state index is 11.5. The molecule has 0 aliphatic carbocycles. The van der Waals surface area contributed by atoms with Crippen molar-refractivity contribution in [2.45, 2.75) is 32.8 Å². The molecule has 5 heteroatoms. The maximum atomic E-state index is 11.5. The Balaban J connectivity index is 2.45. The van der Waals surface area contributed by atoms with Crippen LogP contribution in [0.4, 0.5) is 4.79 Å². The number of hydrogen-bond acceptors (Lipinski definition) is 4. The van der Waals surface area contributed by atoms with Crippen molar-refractivity contribution in [3.8, 4) is 11.5 Å². The molecule has 1 aromatic rings. The standard InChI is InChI=1S/C17H25NO4/c1-17(2,3)22-16(19)18-11-7-6-8-13-9-10-14(20-4)12-15(13)21-5/h6,8-10,12H,7,11H2,1-5H3,(H,18,19). The number of carbonyl (C=O) groups excluding carboxylic acids is 1. The van der Waals surface area contributed by atoms with Crippen molar-refractivity contribution < 1.29 is 19.0 Å². The summed E-state index contributed by atoms with van der Waals surface area (Å²) in [5, 5.41) is 2.71. The molecule has 0 unspecified atom stereocenters. The highest BCUT2D eigenvalue weighted by Crippen LogP contribution is 2.25. The average molecular weight is 307 g/mol. The number of benzene rings is 1. The fourth-order valence-electron chi connectivity index (χ4n) is 1.74. The van der Waals surface area contributed by atoms with Gasteiger partial charge in [-0.1, -0.05) is 12.2 Å². The number of carbonyl (C=O) groups is 1. The molecular weight excluding hydrogens is 282 g/mol. The predicted molar refractivity (Wildman–Crippen MR) is 87.4 cm³/mol. The van der Waals surface area contributed by atoms with E-state index in [2.05, 4.69) is 5.32 Å². The van der Waals surface area contributed by atoms with Gasteiger partial charge >= 0.3 is 6.09 Å². The van der Waals surface area contributed by atoms with Crippen molar-refractivity contribution in [3.05, 3.63) is 29.8 Å². The lowest BCUT2D eigenvalue weighted by molar-refractivity contribution is 0.0529. The summed E-state index contributed by atoms with van der Waals surface area (Å²) in [5.41, 5.74) is 0.483. The van der Waals surface area contributed by atoms with Crippen LogP contribution < -0.4 is 14.8 Å². The lowest BCUT2D eigenvalue weighted by atomic mass is 10.1. The predicted octanol–water partition coefficient (Wildman–Crippen LogP) is 3.63. The van der Waals surface area contributed by atoms with Gasteiger partial charge < -0.3 is 19.5 Å². The quantitative estimate of drug-likeness (QED) is 0.815. The molecule has 0 aliphatic heterocycles. The van der Waals surface area contributed by atoms with Crippen LogP contribution in [0.15, 0.2) is 24.3 Å². The van der Waals surface area contributed by atoms with Crippen LogP contribution in [0.3, 0.4) is 0 Å². The van der Waals surface area contributed by atoms with E-state index < -0.39 is 11.7 Å². The molecule has 0 atom stereocenters. The summed E-state index contributed by atoms with van der Waals surface area (Å²) in [6.45, 7) is 6.02. The second kappa shape index (κ2) is 8.32. The van der Waals surface area contributed by atoms with Crippen LogP contribution in [0.5, 0.6) is 11.5 Å². The highest BCUT2D eigenvalue weighted by molar-refractivity contribution is 5.67. The van der Waals surface area contributed by atoms with Crippen molar-refractivity contribution in [3.63, 3.8) is 0 Å². The van der Waals surface area contributed by atoms with Crippen molar-refractivity contribution in [1.82, 2.24) is 5.32 Å². The Kier molecular flexibility index (Phi) is 6.76. The molecule has 1 rings (SSSR count). The van der Waals surface area contributed by atoms with Gasteiger partial charge in [0.25, 0.3) is 0 Å². The fraction of sp³-hybridized carbons (Fsp3) is 0.471. The number of methoxy groups -OCH3 is 2. The van der Waals surface area contributed by atoms with Gasteiger partial charge in [-0.3, -0.25) is 0 Å². The summed E-state index contributed by atoms with van der Waals surface area (Å²) in [6, 6.07) is 5.63. The number of rotatable bonds is 6. The molecule has 22 heavy (non-hydrogen) atoms. The van der Waals surface area contributed by atoms with E-state index in [9.17, 15) is 4.79 Å². The van der Waals surface area contributed by atoms with Gasteiger partial charge in [0.2, 0.25) is 0 Å². The Morgan fingerprint density at radius 3 is 2.55 bits per heavy atom. The third-order valence-corrected chi connectivity index (χ3v) is 2.72. The van der Waals surface area contributed by atoms with E-state index in [-0.39, 0.29) is 0 Å². The molecule has 1 amide bonds. The van der Waals surface area contributed by atoms with Crippen LogP contribution in [-0.4, -0.2) is 32.5 Å². The van der Waals surface area contributed by atoms with Crippen LogP contribution in [0.25, 0.3) is 6.08 Å². The first kappa shape index (κ1) is 17.9. The molecule has 5 nitrogen and oxygen atoms in total. The molecule has 122 valence electrons. The zero-order valence-corrected chi connectivity index (χ0v) is 13.9. The van der Waals surface area contributed by atoms with E-state index in [0.717, 1.165) is 17.1 Å². The van der Waals surface area contributed by atoms with Crippen LogP contribution >= 0.6 is 0 Å². The molecule has 0 spiro atoms. The van der Waals surface area contributed by atoms with Crippen molar-refractivity contribution in [1.29, 1.82) is 0 Å². The van der Waals surface area contributed by atoms with E-state index in [1.165, 1.54) is 0 Å². The zero-order valence-electron chi connectivity index (χ0n) is 13.9. The summed E-state index contributed by atoms with van der Waals surface area (Å²) in [4.78, 5) is 11.5. The minimum atomic E-state index is -0.476. The van der Waals surface area contributed by atoms with Gasteiger partial charge in [-0.2, -0.15) is 0 Å². The SMILES string of the molecule is COc1ccc(C=CCCNC(=O)OC(C)(C)C)c(OC)c1. The third-order valence-electron chi connectivity index (χ3n) is 2.72. The lowest BCUT2D eigenvalue weighted by Gasteiger charge is -2.19. The van der Waals surface area contributed by atoms with Crippen LogP contribution in [0, 0.1) is 0 Å². The van der Waals surface area contributed by atoms with Gasteiger partial charge in [0.15, 0.2) is 0 Å². The van der Waals surface area contributed by atoms with Crippen molar-refractivity contribution in [2.75, 3.05) is 20.8 Å². The van der Waals surface area contributed by atoms with Gasteiger partial charge in [0.1, 0.15) is 17.1 Å². The van der Waals surface area contributed by atoms with E-state index >= 15 is 0 Å². The lowest BCUT2D eigenvalue weighted by Crippen LogP contribution is -2.32. The second-order valence-electron chi connectivity index (χ2n) is 5.73. The molecule has 0 aliphatic rings. The van der Waals surface area contributed by atoms with E-state index in [1.807, 2.05) is 51.1 Å². The number of amides is 1. The molecule has 0 radical (unpaired) electrons. The monoisotopic (exact) mass is 307 g/mol. The molecule has 0 aromatic heterocycles. The maximum Gasteiger partial charge on any atom is 0.407 e. The third kappa shape index (κ3) is 6.52. The smallest absolute Gasteiger partial charge is 0.407 e. The first-order chi connectivity index (χ1) is 10.4. The molecule has 0 saturated carbocycles. The highest BCUT2D eigenvalue weighted by Gasteiger charge is 2.15. The summed E-state index contributed by atoms with van der Waals surface area (Å²) in [7, 11) is 3.24. The first-order valence-corrected chi connectivity index (χ1v) is 7.21. The molecule has 0 fully saturated rings. The number of nitrogens with one attached hydrogen (secondary N) is 1. The van der Waals surface area contributed by atoms with E-state index in [0.29, 0.717) is 13.0 Å². The van der Waals surface area contributed by atoms with Crippen LogP contribution in [0.1, 0.15) is 32.8 Å². The van der Waals surface area contributed by atoms with Gasteiger partial charge in [0, 0.05) is 18.2 Å². The Morgan fingerprint density at radius 1 is 1.23 bits per heavy atom. The largest absolute Gasteiger partial charge is 0.497 e. The Bertz CT molecular complexity index is 518. The molecule has 0 saturated heterocycles. The van der Waals surface area contributed by atoms with Crippen LogP contribution in [0.2, 0.25) is 0 Å². The molecule has 1 N–H and O–H groups in total. The van der Waals surface area contributed by atoms with E-state index in [1.54, 1.807) is 14.2 Å². The summed E-state index contributed by atoms with van der Waals surface area (Å²) >= 11 is 0. The molecular formula is C17H25NO4. The Labute approximate surface area is 132 Å². The Hall–Kier alpha value is -2.17. The summed E-state index contributed by atoms with van der Waals surface area (Å²) < 4.78 is 15.6. The van der Waals surface area contributed by atoms with Crippen molar-refractivity contribution >= 4 is 12.2 Å². The number of alkyl carbamates (subject to hydrolysis) is 1. The number of hydrogen-bond donors (Lipinski definition) is 1. The minimum Gasteiger partial charge on any atom is -0.497 e. The minimum absolute atomic E-state index is 0.400. The topological polar surface area (TPSA) is 56.8 Å². The van der Waals surface area contributed by atoms with E-state index in [4.69, 9.17) is 14.2 Å². The fourth-order valence-corrected chi connectivity index (χ4v) is 1.74. The highest BCUT2D eigenvalue weighted by atomic mass is 16.6.